The van der Waals surface area contributed by atoms with Gasteiger partial charge in [-0.15, -0.1) is 0 Å². The minimum atomic E-state index is 0.00565. The van der Waals surface area contributed by atoms with Gasteiger partial charge in [0.05, 0.1) is 0 Å². The number of hydrogen-bond acceptors (Lipinski definition) is 2. The highest BCUT2D eigenvalue weighted by atomic mass is 16.2. The summed E-state index contributed by atoms with van der Waals surface area (Å²) in [6, 6.07) is 0.153. The first-order valence-corrected chi connectivity index (χ1v) is 5.47. The molecule has 4 heteroatoms. The van der Waals surface area contributed by atoms with Gasteiger partial charge in [-0.2, -0.15) is 0 Å². The van der Waals surface area contributed by atoms with E-state index in [1.165, 1.54) is 12.8 Å². The van der Waals surface area contributed by atoms with E-state index >= 15 is 0 Å². The SMILES string of the molecule is CCN(CC)C(=O)NCC(N)C1CC1. The predicted molar refractivity (Wildman–Crippen MR) is 57.0 cm³/mol. The van der Waals surface area contributed by atoms with Gasteiger partial charge >= 0.3 is 6.03 Å². The van der Waals surface area contributed by atoms with Gasteiger partial charge in [-0.05, 0) is 32.6 Å². The van der Waals surface area contributed by atoms with E-state index in [0.717, 1.165) is 13.1 Å². The van der Waals surface area contributed by atoms with E-state index in [1.807, 2.05) is 13.8 Å². The molecule has 1 saturated carbocycles. The molecule has 82 valence electrons. The summed E-state index contributed by atoms with van der Waals surface area (Å²) in [6.45, 7) is 6.07. The van der Waals surface area contributed by atoms with E-state index in [1.54, 1.807) is 4.90 Å². The summed E-state index contributed by atoms with van der Waals surface area (Å²) in [5.74, 6) is 0.645. The van der Waals surface area contributed by atoms with Crippen molar-refractivity contribution in [1.82, 2.24) is 10.2 Å². The van der Waals surface area contributed by atoms with Gasteiger partial charge in [0.2, 0.25) is 0 Å². The second-order valence-electron chi connectivity index (χ2n) is 3.86. The maximum absolute atomic E-state index is 11.5. The largest absolute Gasteiger partial charge is 0.336 e. The molecule has 2 amide bonds. The number of nitrogens with zero attached hydrogens (tertiary/aromatic N) is 1. The molecule has 0 aromatic heterocycles. The Labute approximate surface area is 85.8 Å². The third-order valence-electron chi connectivity index (χ3n) is 2.77. The zero-order valence-electron chi connectivity index (χ0n) is 9.12. The summed E-state index contributed by atoms with van der Waals surface area (Å²) >= 11 is 0. The molecule has 4 nitrogen and oxygen atoms in total. The van der Waals surface area contributed by atoms with Crippen molar-refractivity contribution < 1.29 is 4.79 Å². The van der Waals surface area contributed by atoms with Crippen LogP contribution >= 0.6 is 0 Å². The summed E-state index contributed by atoms with van der Waals surface area (Å²) in [4.78, 5) is 13.3. The van der Waals surface area contributed by atoms with Crippen LogP contribution in [0.2, 0.25) is 0 Å². The molecule has 1 atom stereocenters. The number of rotatable bonds is 5. The molecule has 0 aromatic carbocycles. The Morgan fingerprint density at radius 3 is 2.50 bits per heavy atom. The van der Waals surface area contributed by atoms with Crippen LogP contribution in [0.3, 0.4) is 0 Å². The monoisotopic (exact) mass is 199 g/mol. The van der Waals surface area contributed by atoms with Crippen LogP contribution in [0.15, 0.2) is 0 Å². The fourth-order valence-corrected chi connectivity index (χ4v) is 1.52. The summed E-state index contributed by atoms with van der Waals surface area (Å²) in [7, 11) is 0. The molecule has 0 bridgehead atoms. The molecule has 1 unspecified atom stereocenters. The molecule has 0 saturated heterocycles. The third-order valence-corrected chi connectivity index (χ3v) is 2.77. The highest BCUT2D eigenvalue weighted by Gasteiger charge is 2.28. The van der Waals surface area contributed by atoms with Crippen LogP contribution < -0.4 is 11.1 Å². The molecule has 14 heavy (non-hydrogen) atoms. The van der Waals surface area contributed by atoms with Gasteiger partial charge in [0.15, 0.2) is 0 Å². The molecule has 0 spiro atoms. The number of nitrogens with one attached hydrogen (secondary N) is 1. The van der Waals surface area contributed by atoms with Gasteiger partial charge in [-0.25, -0.2) is 4.79 Å². The van der Waals surface area contributed by atoms with Crippen molar-refractivity contribution in [2.24, 2.45) is 11.7 Å². The van der Waals surface area contributed by atoms with Crippen molar-refractivity contribution in [2.75, 3.05) is 19.6 Å². The maximum atomic E-state index is 11.5. The van der Waals surface area contributed by atoms with Crippen LogP contribution in [0.4, 0.5) is 4.79 Å². The van der Waals surface area contributed by atoms with Gasteiger partial charge in [-0.1, -0.05) is 0 Å². The first-order chi connectivity index (χ1) is 6.69. The quantitative estimate of drug-likeness (QED) is 0.687. The van der Waals surface area contributed by atoms with E-state index in [-0.39, 0.29) is 12.1 Å². The smallest absolute Gasteiger partial charge is 0.317 e. The summed E-state index contributed by atoms with van der Waals surface area (Å²) in [5.41, 5.74) is 5.88. The highest BCUT2D eigenvalue weighted by Crippen LogP contribution is 2.31. The Balaban J connectivity index is 2.18. The van der Waals surface area contributed by atoms with Crippen molar-refractivity contribution in [3.05, 3.63) is 0 Å². The van der Waals surface area contributed by atoms with Crippen LogP contribution in [0.1, 0.15) is 26.7 Å². The number of urea groups is 1. The molecule has 1 aliphatic carbocycles. The third kappa shape index (κ3) is 3.18. The Kier molecular flexibility index (Phi) is 4.20. The zero-order chi connectivity index (χ0) is 10.6. The Hall–Kier alpha value is -0.770. The molecule has 0 aliphatic heterocycles. The molecule has 1 aliphatic rings. The van der Waals surface area contributed by atoms with Crippen LogP contribution in [0.5, 0.6) is 0 Å². The molecule has 0 aromatic rings. The number of hydrogen-bond donors (Lipinski definition) is 2. The fraction of sp³-hybridized carbons (Fsp3) is 0.900. The van der Waals surface area contributed by atoms with Crippen molar-refractivity contribution in [3.63, 3.8) is 0 Å². The van der Waals surface area contributed by atoms with E-state index in [4.69, 9.17) is 5.73 Å². The topological polar surface area (TPSA) is 58.4 Å². The zero-order valence-corrected chi connectivity index (χ0v) is 9.12. The van der Waals surface area contributed by atoms with Gasteiger partial charge in [0, 0.05) is 25.7 Å². The Morgan fingerprint density at radius 1 is 1.50 bits per heavy atom. The lowest BCUT2D eigenvalue weighted by Gasteiger charge is -2.20. The lowest BCUT2D eigenvalue weighted by Crippen LogP contribution is -2.45. The lowest BCUT2D eigenvalue weighted by atomic mass is 10.2. The Morgan fingerprint density at radius 2 is 2.07 bits per heavy atom. The molecule has 1 rings (SSSR count). The normalized spacial score (nSPS) is 17.6. The molecule has 1 fully saturated rings. The number of nitrogens with two attached hydrogens (primary N) is 1. The average molecular weight is 199 g/mol. The molecule has 0 radical (unpaired) electrons. The molecular weight excluding hydrogens is 178 g/mol. The second kappa shape index (κ2) is 5.20. The van der Waals surface area contributed by atoms with E-state index in [0.29, 0.717) is 12.5 Å². The van der Waals surface area contributed by atoms with Crippen LogP contribution in [-0.2, 0) is 0 Å². The Bertz CT molecular complexity index is 188. The predicted octanol–water partition coefficient (Wildman–Crippen LogP) is 0.775. The van der Waals surface area contributed by atoms with Gasteiger partial charge in [0.25, 0.3) is 0 Å². The number of amides is 2. The molecule has 0 heterocycles. The first kappa shape index (κ1) is 11.3. The molecule has 3 N–H and O–H groups in total. The van der Waals surface area contributed by atoms with Crippen LogP contribution in [0, 0.1) is 5.92 Å². The van der Waals surface area contributed by atoms with Crippen molar-refractivity contribution in [3.8, 4) is 0 Å². The van der Waals surface area contributed by atoms with Crippen LogP contribution in [-0.4, -0.2) is 36.6 Å². The maximum Gasteiger partial charge on any atom is 0.317 e. The van der Waals surface area contributed by atoms with Crippen molar-refractivity contribution in [2.45, 2.75) is 32.7 Å². The fourth-order valence-electron chi connectivity index (χ4n) is 1.52. The lowest BCUT2D eigenvalue weighted by molar-refractivity contribution is 0.202. The summed E-state index contributed by atoms with van der Waals surface area (Å²) in [6.07, 6.45) is 2.45. The van der Waals surface area contributed by atoms with E-state index in [9.17, 15) is 4.79 Å². The first-order valence-electron chi connectivity index (χ1n) is 5.47. The standard InChI is InChI=1S/C10H21N3O/c1-3-13(4-2)10(14)12-7-9(11)8-5-6-8/h8-9H,3-7,11H2,1-2H3,(H,12,14). The average Bonchev–Trinajstić information content (AvgIpc) is 2.99. The van der Waals surface area contributed by atoms with Gasteiger partial charge in [0.1, 0.15) is 0 Å². The van der Waals surface area contributed by atoms with Gasteiger partial charge < -0.3 is 16.0 Å². The minimum absolute atomic E-state index is 0.00565. The van der Waals surface area contributed by atoms with Crippen LogP contribution in [0.25, 0.3) is 0 Å². The van der Waals surface area contributed by atoms with E-state index in [2.05, 4.69) is 5.32 Å². The van der Waals surface area contributed by atoms with E-state index < -0.39 is 0 Å². The number of carbonyl (C=O) groups excluding carboxylic acids is 1. The molecular formula is C10H21N3O. The minimum Gasteiger partial charge on any atom is -0.336 e. The van der Waals surface area contributed by atoms with Crippen molar-refractivity contribution in [1.29, 1.82) is 0 Å². The summed E-state index contributed by atoms with van der Waals surface area (Å²) < 4.78 is 0. The van der Waals surface area contributed by atoms with Gasteiger partial charge in [-0.3, -0.25) is 0 Å². The number of carbonyl (C=O) groups is 1. The summed E-state index contributed by atoms with van der Waals surface area (Å²) in [5, 5.41) is 2.87. The highest BCUT2D eigenvalue weighted by molar-refractivity contribution is 5.74. The van der Waals surface area contributed by atoms with Crippen molar-refractivity contribution >= 4 is 6.03 Å². The second-order valence-corrected chi connectivity index (χ2v) is 3.86.